The van der Waals surface area contributed by atoms with Crippen LogP contribution in [0.15, 0.2) is 6.07 Å². The summed E-state index contributed by atoms with van der Waals surface area (Å²) >= 11 is 0. The molecule has 0 fully saturated rings. The second kappa shape index (κ2) is 4.62. The summed E-state index contributed by atoms with van der Waals surface area (Å²) in [6.45, 7) is 0. The van der Waals surface area contributed by atoms with Gasteiger partial charge >= 0.3 is 5.97 Å². The molecule has 1 aliphatic carbocycles. The highest BCUT2D eigenvalue weighted by Crippen LogP contribution is 2.50. The summed E-state index contributed by atoms with van der Waals surface area (Å²) in [7, 11) is 4.32. The van der Waals surface area contributed by atoms with Gasteiger partial charge in [-0.05, 0) is 24.5 Å². The number of carboxylic acid groups (broad SMARTS) is 1. The maximum Gasteiger partial charge on any atom is 0.340 e. The van der Waals surface area contributed by atoms with E-state index in [1.165, 1.54) is 21.3 Å². The number of carbonyl (C=O) groups is 1. The van der Waals surface area contributed by atoms with Crippen molar-refractivity contribution < 1.29 is 29.2 Å². The second-order valence-corrected chi connectivity index (χ2v) is 4.34. The van der Waals surface area contributed by atoms with Gasteiger partial charge in [-0.1, -0.05) is 0 Å². The van der Waals surface area contributed by atoms with Crippen LogP contribution in [0.2, 0.25) is 0 Å². The Labute approximate surface area is 110 Å². The van der Waals surface area contributed by atoms with Gasteiger partial charge in [-0.25, -0.2) is 4.79 Å². The summed E-state index contributed by atoms with van der Waals surface area (Å²) in [6.07, 6.45) is 0.541. The molecule has 1 unspecified atom stereocenters. The Hall–Kier alpha value is -1.95. The number of methoxy groups -OCH3 is 3. The highest BCUT2D eigenvalue weighted by atomic mass is 16.5. The lowest BCUT2D eigenvalue weighted by atomic mass is 9.94. The lowest BCUT2D eigenvalue weighted by Gasteiger charge is -2.23. The molecule has 0 aliphatic heterocycles. The van der Waals surface area contributed by atoms with Crippen molar-refractivity contribution in [3.05, 3.63) is 17.2 Å². The summed E-state index contributed by atoms with van der Waals surface area (Å²) in [5.74, 6) is -0.353. The maximum atomic E-state index is 11.3. The van der Waals surface area contributed by atoms with E-state index in [4.69, 9.17) is 14.2 Å². The summed E-state index contributed by atoms with van der Waals surface area (Å²) in [6, 6.07) is 1.68. The fourth-order valence-electron chi connectivity index (χ4n) is 2.51. The molecule has 19 heavy (non-hydrogen) atoms. The van der Waals surface area contributed by atoms with Crippen LogP contribution in [0, 0.1) is 0 Å². The van der Waals surface area contributed by atoms with Crippen LogP contribution in [0.5, 0.6) is 17.2 Å². The van der Waals surface area contributed by atoms with Crippen molar-refractivity contribution in [3.8, 4) is 17.2 Å². The van der Waals surface area contributed by atoms with Gasteiger partial charge in [0.1, 0.15) is 0 Å². The van der Waals surface area contributed by atoms with E-state index < -0.39 is 11.6 Å². The van der Waals surface area contributed by atoms with Gasteiger partial charge in [0.15, 0.2) is 17.1 Å². The van der Waals surface area contributed by atoms with Crippen LogP contribution in [-0.2, 0) is 16.8 Å². The standard InChI is InChI=1S/C13H16O6/c1-17-8-6-7-4-5-13(16,12(14)15)9(7)11(19-3)10(8)18-2/h6,16H,4-5H2,1-3H3,(H,14,15). The molecule has 1 aromatic rings. The average Bonchev–Trinajstić information content (AvgIpc) is 2.75. The molecule has 0 aromatic heterocycles. The topological polar surface area (TPSA) is 85.2 Å². The number of benzene rings is 1. The van der Waals surface area contributed by atoms with Crippen molar-refractivity contribution >= 4 is 5.97 Å². The summed E-state index contributed by atoms with van der Waals surface area (Å²) in [4.78, 5) is 11.3. The Morgan fingerprint density at radius 3 is 2.32 bits per heavy atom. The van der Waals surface area contributed by atoms with E-state index in [-0.39, 0.29) is 23.5 Å². The number of aliphatic carboxylic acids is 1. The molecule has 0 spiro atoms. The van der Waals surface area contributed by atoms with Gasteiger partial charge in [-0.15, -0.1) is 0 Å². The van der Waals surface area contributed by atoms with Crippen LogP contribution in [0.4, 0.5) is 0 Å². The second-order valence-electron chi connectivity index (χ2n) is 4.34. The van der Waals surface area contributed by atoms with Crippen LogP contribution in [-0.4, -0.2) is 37.5 Å². The van der Waals surface area contributed by atoms with Crippen molar-refractivity contribution in [1.82, 2.24) is 0 Å². The van der Waals surface area contributed by atoms with Gasteiger partial charge in [0.2, 0.25) is 5.75 Å². The Morgan fingerprint density at radius 2 is 1.84 bits per heavy atom. The molecule has 0 amide bonds. The molecular formula is C13H16O6. The number of rotatable bonds is 4. The van der Waals surface area contributed by atoms with Crippen LogP contribution >= 0.6 is 0 Å². The molecule has 1 atom stereocenters. The van der Waals surface area contributed by atoms with Gasteiger partial charge in [0.05, 0.1) is 21.3 Å². The van der Waals surface area contributed by atoms with E-state index in [1.807, 2.05) is 0 Å². The Bertz CT molecular complexity index is 524. The molecule has 0 bridgehead atoms. The van der Waals surface area contributed by atoms with E-state index in [2.05, 4.69) is 0 Å². The monoisotopic (exact) mass is 268 g/mol. The first kappa shape index (κ1) is 13.5. The SMILES string of the molecule is COc1cc2c(c(OC)c1OC)C(O)(C(=O)O)CC2. The van der Waals surface area contributed by atoms with E-state index in [0.29, 0.717) is 17.7 Å². The largest absolute Gasteiger partial charge is 0.493 e. The van der Waals surface area contributed by atoms with Crippen molar-refractivity contribution in [2.75, 3.05) is 21.3 Å². The number of ether oxygens (including phenoxy) is 3. The summed E-state index contributed by atoms with van der Waals surface area (Å²) < 4.78 is 15.6. The molecular weight excluding hydrogens is 252 g/mol. The maximum absolute atomic E-state index is 11.3. The third-order valence-corrected chi connectivity index (χ3v) is 3.44. The Balaban J connectivity index is 2.75. The first-order valence-corrected chi connectivity index (χ1v) is 5.77. The molecule has 0 radical (unpaired) electrons. The van der Waals surface area contributed by atoms with Crippen molar-refractivity contribution in [2.45, 2.75) is 18.4 Å². The molecule has 2 rings (SSSR count). The number of hydrogen-bond acceptors (Lipinski definition) is 5. The minimum Gasteiger partial charge on any atom is -0.493 e. The number of aliphatic hydroxyl groups is 1. The molecule has 0 saturated carbocycles. The summed E-state index contributed by atoms with van der Waals surface area (Å²) in [5, 5.41) is 19.6. The number of carboxylic acids is 1. The minimum absolute atomic E-state index is 0.102. The Kier molecular flexibility index (Phi) is 3.28. The number of hydrogen-bond donors (Lipinski definition) is 2. The van der Waals surface area contributed by atoms with Gasteiger partial charge in [0.25, 0.3) is 0 Å². The first-order chi connectivity index (χ1) is 8.99. The van der Waals surface area contributed by atoms with Crippen molar-refractivity contribution in [3.63, 3.8) is 0 Å². The zero-order valence-electron chi connectivity index (χ0n) is 11.0. The van der Waals surface area contributed by atoms with Crippen LogP contribution in [0.25, 0.3) is 0 Å². The molecule has 0 saturated heterocycles. The van der Waals surface area contributed by atoms with Crippen LogP contribution < -0.4 is 14.2 Å². The van der Waals surface area contributed by atoms with E-state index in [1.54, 1.807) is 6.07 Å². The molecule has 1 aromatic carbocycles. The minimum atomic E-state index is -1.94. The predicted octanol–water partition coefficient (Wildman–Crippen LogP) is 0.931. The van der Waals surface area contributed by atoms with Gasteiger partial charge in [0, 0.05) is 5.56 Å². The van der Waals surface area contributed by atoms with Gasteiger partial charge in [-0.2, -0.15) is 0 Å². The highest BCUT2D eigenvalue weighted by molar-refractivity contribution is 5.83. The first-order valence-electron chi connectivity index (χ1n) is 5.77. The fraction of sp³-hybridized carbons (Fsp3) is 0.462. The Morgan fingerprint density at radius 1 is 1.21 bits per heavy atom. The zero-order chi connectivity index (χ0) is 14.2. The molecule has 104 valence electrons. The number of aryl methyl sites for hydroxylation is 1. The quantitative estimate of drug-likeness (QED) is 0.845. The van der Waals surface area contributed by atoms with E-state index in [0.717, 1.165) is 0 Å². The normalized spacial score (nSPS) is 20.8. The third kappa shape index (κ3) is 1.79. The van der Waals surface area contributed by atoms with E-state index >= 15 is 0 Å². The van der Waals surface area contributed by atoms with Crippen LogP contribution in [0.1, 0.15) is 17.5 Å². The third-order valence-electron chi connectivity index (χ3n) is 3.44. The zero-order valence-corrected chi connectivity index (χ0v) is 11.0. The lowest BCUT2D eigenvalue weighted by molar-refractivity contribution is -0.159. The van der Waals surface area contributed by atoms with Crippen molar-refractivity contribution in [2.24, 2.45) is 0 Å². The molecule has 2 N–H and O–H groups in total. The van der Waals surface area contributed by atoms with E-state index in [9.17, 15) is 15.0 Å². The van der Waals surface area contributed by atoms with Gasteiger partial charge in [-0.3, -0.25) is 0 Å². The summed E-state index contributed by atoms with van der Waals surface area (Å²) in [5.41, 5.74) is -1.00. The predicted molar refractivity (Wildman–Crippen MR) is 66.0 cm³/mol. The smallest absolute Gasteiger partial charge is 0.340 e. The highest BCUT2D eigenvalue weighted by Gasteiger charge is 2.47. The molecule has 1 aliphatic rings. The molecule has 6 nitrogen and oxygen atoms in total. The average molecular weight is 268 g/mol. The molecule has 0 heterocycles. The lowest BCUT2D eigenvalue weighted by Crippen LogP contribution is -2.33. The number of fused-ring (bicyclic) bond motifs is 1. The van der Waals surface area contributed by atoms with Gasteiger partial charge < -0.3 is 24.4 Å². The van der Waals surface area contributed by atoms with Crippen LogP contribution in [0.3, 0.4) is 0 Å². The van der Waals surface area contributed by atoms with Crippen molar-refractivity contribution in [1.29, 1.82) is 0 Å². The fourth-order valence-corrected chi connectivity index (χ4v) is 2.51. The molecule has 6 heteroatoms.